The van der Waals surface area contributed by atoms with Crippen LogP contribution in [-0.2, 0) is 17.6 Å². The number of aromatic nitrogens is 1. The smallest absolute Gasteiger partial charge is 0.226 e. The van der Waals surface area contributed by atoms with Crippen LogP contribution in [0.4, 0.5) is 0 Å². The molecule has 1 aromatic carbocycles. The maximum Gasteiger partial charge on any atom is 0.226 e. The molecule has 0 saturated heterocycles. The lowest BCUT2D eigenvalue weighted by Gasteiger charge is -2.23. The molecule has 0 saturated carbocycles. The summed E-state index contributed by atoms with van der Waals surface area (Å²) in [6, 6.07) is 10.2. The Bertz CT molecular complexity index is 623. The van der Waals surface area contributed by atoms with Crippen molar-refractivity contribution in [2.45, 2.75) is 33.1 Å². The number of hydrogen-bond donors (Lipinski definition) is 2. The third kappa shape index (κ3) is 6.12. The van der Waals surface area contributed by atoms with Crippen LogP contribution in [0, 0.1) is 5.41 Å². The Hall–Kier alpha value is -1.72. The summed E-state index contributed by atoms with van der Waals surface area (Å²) >= 11 is 1.59. The lowest BCUT2D eigenvalue weighted by molar-refractivity contribution is -0.121. The molecular formula is C18H24N2O2S. The van der Waals surface area contributed by atoms with Crippen molar-refractivity contribution in [3.63, 3.8) is 0 Å². The van der Waals surface area contributed by atoms with Crippen LogP contribution in [0.3, 0.4) is 0 Å². The van der Waals surface area contributed by atoms with Gasteiger partial charge in [0.1, 0.15) is 0 Å². The fraction of sp³-hybridized carbons (Fsp3) is 0.444. The van der Waals surface area contributed by atoms with Gasteiger partial charge in [0.15, 0.2) is 0 Å². The second-order valence-corrected chi connectivity index (χ2v) is 7.43. The third-order valence-corrected chi connectivity index (χ3v) is 4.59. The van der Waals surface area contributed by atoms with Crippen molar-refractivity contribution in [2.75, 3.05) is 13.2 Å². The van der Waals surface area contributed by atoms with Crippen LogP contribution in [0.5, 0.6) is 0 Å². The number of carbonyl (C=O) groups excluding carboxylic acids is 1. The fourth-order valence-corrected chi connectivity index (χ4v) is 3.07. The van der Waals surface area contributed by atoms with Gasteiger partial charge in [-0.15, -0.1) is 11.3 Å². The molecule has 4 nitrogen and oxygen atoms in total. The maximum absolute atomic E-state index is 12.0. The highest BCUT2D eigenvalue weighted by Crippen LogP contribution is 2.18. The van der Waals surface area contributed by atoms with E-state index in [-0.39, 0.29) is 17.9 Å². The first-order chi connectivity index (χ1) is 11.0. The maximum atomic E-state index is 12.0. The largest absolute Gasteiger partial charge is 0.396 e. The van der Waals surface area contributed by atoms with Crippen molar-refractivity contribution in [2.24, 2.45) is 5.41 Å². The Morgan fingerprint density at radius 1 is 1.30 bits per heavy atom. The Morgan fingerprint density at radius 2 is 2.04 bits per heavy atom. The van der Waals surface area contributed by atoms with Crippen molar-refractivity contribution >= 4 is 17.2 Å². The molecule has 0 aliphatic carbocycles. The molecule has 0 unspecified atom stereocenters. The zero-order valence-electron chi connectivity index (χ0n) is 13.7. The van der Waals surface area contributed by atoms with E-state index in [1.807, 2.05) is 37.4 Å². The molecular weight excluding hydrogens is 308 g/mol. The minimum Gasteiger partial charge on any atom is -0.396 e. The first kappa shape index (κ1) is 17.6. The number of nitrogens with one attached hydrogen (secondary N) is 1. The molecule has 0 spiro atoms. The van der Waals surface area contributed by atoms with Gasteiger partial charge in [-0.1, -0.05) is 44.2 Å². The second-order valence-electron chi connectivity index (χ2n) is 6.49. The Kier molecular flexibility index (Phi) is 6.30. The summed E-state index contributed by atoms with van der Waals surface area (Å²) in [5, 5.41) is 14.9. The average Bonchev–Trinajstić information content (AvgIpc) is 2.93. The highest BCUT2D eigenvalue weighted by molar-refractivity contribution is 7.09. The van der Waals surface area contributed by atoms with Crippen molar-refractivity contribution in [1.82, 2.24) is 10.3 Å². The Balaban J connectivity index is 1.83. The van der Waals surface area contributed by atoms with Gasteiger partial charge in [0, 0.05) is 25.0 Å². The summed E-state index contributed by atoms with van der Waals surface area (Å²) in [4.78, 5) is 16.6. The van der Waals surface area contributed by atoms with E-state index in [9.17, 15) is 4.79 Å². The Morgan fingerprint density at radius 3 is 2.74 bits per heavy atom. The number of amides is 1. The molecule has 124 valence electrons. The quantitative estimate of drug-likeness (QED) is 0.781. The number of aliphatic hydroxyl groups is 1. The molecule has 2 aromatic rings. The molecule has 2 rings (SSSR count). The van der Waals surface area contributed by atoms with E-state index in [2.05, 4.69) is 22.4 Å². The molecule has 1 amide bonds. The van der Waals surface area contributed by atoms with Gasteiger partial charge in [-0.3, -0.25) is 4.79 Å². The highest BCUT2D eigenvalue weighted by atomic mass is 32.1. The lowest BCUT2D eigenvalue weighted by Crippen LogP contribution is -2.35. The van der Waals surface area contributed by atoms with Crippen molar-refractivity contribution in [1.29, 1.82) is 0 Å². The van der Waals surface area contributed by atoms with Crippen molar-refractivity contribution in [3.05, 3.63) is 52.0 Å². The zero-order chi connectivity index (χ0) is 16.7. The van der Waals surface area contributed by atoms with E-state index < -0.39 is 0 Å². The summed E-state index contributed by atoms with van der Waals surface area (Å²) in [5.41, 5.74) is 1.95. The van der Waals surface area contributed by atoms with Gasteiger partial charge in [0.25, 0.3) is 0 Å². The molecule has 5 heteroatoms. The van der Waals surface area contributed by atoms with Crippen molar-refractivity contribution in [3.8, 4) is 0 Å². The molecule has 23 heavy (non-hydrogen) atoms. The highest BCUT2D eigenvalue weighted by Gasteiger charge is 2.18. The number of rotatable bonds is 8. The van der Waals surface area contributed by atoms with E-state index in [0.29, 0.717) is 19.4 Å². The minimum atomic E-state index is -0.0923. The van der Waals surface area contributed by atoms with Gasteiger partial charge in [0.05, 0.1) is 17.1 Å². The fourth-order valence-electron chi connectivity index (χ4n) is 2.24. The van der Waals surface area contributed by atoms with Crippen molar-refractivity contribution < 1.29 is 9.90 Å². The van der Waals surface area contributed by atoms with Crippen LogP contribution in [0.1, 0.15) is 36.5 Å². The van der Waals surface area contributed by atoms with Gasteiger partial charge in [0.2, 0.25) is 5.91 Å². The third-order valence-electron chi connectivity index (χ3n) is 3.69. The predicted octanol–water partition coefficient (Wildman–Crippen LogP) is 2.80. The molecule has 0 bridgehead atoms. The first-order valence-corrected chi connectivity index (χ1v) is 8.71. The topological polar surface area (TPSA) is 62.2 Å². The van der Waals surface area contributed by atoms with E-state index in [0.717, 1.165) is 17.1 Å². The second kappa shape index (κ2) is 8.22. The van der Waals surface area contributed by atoms with Crippen LogP contribution in [0.25, 0.3) is 0 Å². The van der Waals surface area contributed by atoms with E-state index in [1.54, 1.807) is 11.3 Å². The van der Waals surface area contributed by atoms with Gasteiger partial charge in [-0.05, 0) is 17.4 Å². The number of aliphatic hydroxyl groups excluding tert-OH is 1. The van der Waals surface area contributed by atoms with Crippen LogP contribution in [0.15, 0.2) is 35.7 Å². The first-order valence-electron chi connectivity index (χ1n) is 7.83. The van der Waals surface area contributed by atoms with Crippen LogP contribution in [-0.4, -0.2) is 29.1 Å². The standard InChI is InChI=1S/C18H24N2O2S/c1-18(2,8-9-21)13-19-16(22)11-15-12-23-17(20-15)10-14-6-4-3-5-7-14/h3-7,12,21H,8-11,13H2,1-2H3,(H,19,22). The number of nitrogens with zero attached hydrogens (tertiary/aromatic N) is 1. The number of benzene rings is 1. The molecule has 0 fully saturated rings. The van der Waals surface area contributed by atoms with Crippen LogP contribution in [0.2, 0.25) is 0 Å². The summed E-state index contributed by atoms with van der Waals surface area (Å²) in [6.07, 6.45) is 1.78. The van der Waals surface area contributed by atoms with Gasteiger partial charge >= 0.3 is 0 Å². The zero-order valence-corrected chi connectivity index (χ0v) is 14.5. The molecule has 1 heterocycles. The van der Waals surface area contributed by atoms with E-state index in [4.69, 9.17) is 5.11 Å². The Labute approximate surface area is 141 Å². The SMILES string of the molecule is CC(C)(CCO)CNC(=O)Cc1csc(Cc2ccccc2)n1. The van der Waals surface area contributed by atoms with E-state index in [1.165, 1.54) is 5.56 Å². The monoisotopic (exact) mass is 332 g/mol. The average molecular weight is 332 g/mol. The predicted molar refractivity (Wildman–Crippen MR) is 93.6 cm³/mol. The summed E-state index contributed by atoms with van der Waals surface area (Å²) in [6.45, 7) is 4.76. The minimum absolute atomic E-state index is 0.0208. The number of thiazole rings is 1. The molecule has 1 aromatic heterocycles. The van der Waals surface area contributed by atoms with Gasteiger partial charge < -0.3 is 10.4 Å². The van der Waals surface area contributed by atoms with Gasteiger partial charge in [-0.25, -0.2) is 4.98 Å². The lowest BCUT2D eigenvalue weighted by atomic mass is 9.90. The summed E-state index contributed by atoms with van der Waals surface area (Å²) in [7, 11) is 0. The normalized spacial score (nSPS) is 11.4. The molecule has 0 atom stereocenters. The molecule has 0 radical (unpaired) electrons. The van der Waals surface area contributed by atoms with Crippen LogP contribution < -0.4 is 5.32 Å². The molecule has 0 aliphatic heterocycles. The molecule has 2 N–H and O–H groups in total. The summed E-state index contributed by atoms with van der Waals surface area (Å²) < 4.78 is 0. The number of hydrogen-bond acceptors (Lipinski definition) is 4. The summed E-state index contributed by atoms with van der Waals surface area (Å²) in [5.74, 6) is -0.0208. The van der Waals surface area contributed by atoms with Crippen LogP contribution >= 0.6 is 11.3 Å². The molecule has 0 aliphatic rings. The number of carbonyl (C=O) groups is 1. The van der Waals surface area contributed by atoms with E-state index >= 15 is 0 Å². The van der Waals surface area contributed by atoms with Gasteiger partial charge in [-0.2, -0.15) is 0 Å².